The number of para-hydroxylation sites is 1. The number of fused-ring (bicyclic) bond motifs is 1. The Labute approximate surface area is 164 Å². The Bertz CT molecular complexity index is 957. The average Bonchev–Trinajstić information content (AvgIpc) is 3.30. The molecule has 0 atom stereocenters. The van der Waals surface area contributed by atoms with Gasteiger partial charge in [0.05, 0.1) is 5.69 Å². The zero-order valence-electron chi connectivity index (χ0n) is 16.4. The highest BCUT2D eigenvalue weighted by Gasteiger charge is 2.18. The van der Waals surface area contributed by atoms with Crippen molar-refractivity contribution < 1.29 is 9.59 Å². The Morgan fingerprint density at radius 1 is 1.21 bits per heavy atom. The second kappa shape index (κ2) is 9.21. The van der Waals surface area contributed by atoms with Crippen molar-refractivity contribution in [2.75, 3.05) is 11.9 Å². The summed E-state index contributed by atoms with van der Waals surface area (Å²) in [7, 11) is 0. The van der Waals surface area contributed by atoms with Crippen LogP contribution >= 0.6 is 0 Å². The second-order valence-corrected chi connectivity index (χ2v) is 6.76. The van der Waals surface area contributed by atoms with Gasteiger partial charge < -0.3 is 15.6 Å². The second-order valence-electron chi connectivity index (χ2n) is 6.76. The molecule has 0 saturated heterocycles. The molecule has 148 valence electrons. The molecule has 0 spiro atoms. The first-order valence-corrected chi connectivity index (χ1v) is 9.82. The van der Waals surface area contributed by atoms with E-state index in [9.17, 15) is 9.59 Å². The number of anilines is 1. The fraction of sp³-hybridized carbons (Fsp3) is 0.381. The summed E-state index contributed by atoms with van der Waals surface area (Å²) in [6, 6.07) is 8.15. The molecular formula is C21H27N5O2. The highest BCUT2D eigenvalue weighted by molar-refractivity contribution is 6.02. The molecule has 7 heteroatoms. The van der Waals surface area contributed by atoms with Gasteiger partial charge in [-0.2, -0.15) is 5.10 Å². The summed E-state index contributed by atoms with van der Waals surface area (Å²) in [6.45, 7) is 5.13. The minimum atomic E-state index is -0.261. The number of hydrogen-bond acceptors (Lipinski definition) is 3. The van der Waals surface area contributed by atoms with Gasteiger partial charge in [-0.25, -0.2) is 0 Å². The molecular weight excluding hydrogens is 354 g/mol. The summed E-state index contributed by atoms with van der Waals surface area (Å²) < 4.78 is 1.66. The average molecular weight is 381 g/mol. The predicted octanol–water partition coefficient (Wildman–Crippen LogP) is 3.49. The normalized spacial score (nSPS) is 10.9. The van der Waals surface area contributed by atoms with Gasteiger partial charge in [0.25, 0.3) is 5.91 Å². The summed E-state index contributed by atoms with van der Waals surface area (Å²) in [4.78, 5) is 27.9. The Morgan fingerprint density at radius 3 is 2.82 bits per heavy atom. The lowest BCUT2D eigenvalue weighted by Gasteiger charge is -2.06. The van der Waals surface area contributed by atoms with Gasteiger partial charge in [0, 0.05) is 42.8 Å². The topological polar surface area (TPSA) is 91.8 Å². The van der Waals surface area contributed by atoms with Gasteiger partial charge in [-0.1, -0.05) is 25.1 Å². The minimum absolute atomic E-state index is 0.111. The standard InChI is InChI=1S/C21H27N5O2/c1-3-12-22-21(28)20-18(14-26(4-2)25-20)24-19(27)11-7-8-15-13-23-17-10-6-5-9-16(15)17/h5-6,9-10,13-14,23H,3-4,7-8,11-12H2,1-2H3,(H,22,28)(H,24,27). The monoisotopic (exact) mass is 381 g/mol. The van der Waals surface area contributed by atoms with Crippen LogP contribution in [0.2, 0.25) is 0 Å². The van der Waals surface area contributed by atoms with Gasteiger partial charge in [0.15, 0.2) is 5.69 Å². The van der Waals surface area contributed by atoms with Crippen LogP contribution in [0.4, 0.5) is 5.69 Å². The van der Waals surface area contributed by atoms with Gasteiger partial charge >= 0.3 is 0 Å². The molecule has 0 saturated carbocycles. The number of nitrogens with zero attached hydrogens (tertiary/aromatic N) is 2. The molecule has 0 radical (unpaired) electrons. The van der Waals surface area contributed by atoms with E-state index in [-0.39, 0.29) is 17.5 Å². The Balaban J connectivity index is 1.58. The molecule has 0 fully saturated rings. The molecule has 1 aromatic carbocycles. The first kappa shape index (κ1) is 19.7. The van der Waals surface area contributed by atoms with Crippen molar-refractivity contribution in [1.29, 1.82) is 0 Å². The molecule has 0 aliphatic rings. The van der Waals surface area contributed by atoms with E-state index in [1.807, 2.05) is 38.2 Å². The number of aromatic nitrogens is 3. The first-order chi connectivity index (χ1) is 13.6. The van der Waals surface area contributed by atoms with Crippen LogP contribution in [0.5, 0.6) is 0 Å². The van der Waals surface area contributed by atoms with E-state index in [0.717, 1.165) is 24.8 Å². The maximum absolute atomic E-state index is 12.4. The van der Waals surface area contributed by atoms with Gasteiger partial charge in [-0.15, -0.1) is 0 Å². The van der Waals surface area contributed by atoms with Crippen LogP contribution in [0.25, 0.3) is 10.9 Å². The number of carbonyl (C=O) groups excluding carboxylic acids is 2. The third kappa shape index (κ3) is 4.60. The summed E-state index contributed by atoms with van der Waals surface area (Å²) in [5.74, 6) is -0.372. The maximum atomic E-state index is 12.4. The predicted molar refractivity (Wildman–Crippen MR) is 110 cm³/mol. The van der Waals surface area contributed by atoms with Crippen molar-refractivity contribution in [3.63, 3.8) is 0 Å². The lowest BCUT2D eigenvalue weighted by atomic mass is 10.1. The van der Waals surface area contributed by atoms with Crippen LogP contribution in [-0.2, 0) is 17.8 Å². The van der Waals surface area contributed by atoms with E-state index in [0.29, 0.717) is 25.2 Å². The molecule has 3 N–H and O–H groups in total. The van der Waals surface area contributed by atoms with E-state index < -0.39 is 0 Å². The molecule has 2 heterocycles. The number of hydrogen-bond donors (Lipinski definition) is 3. The van der Waals surface area contributed by atoms with Gasteiger partial charge in [0.1, 0.15) is 0 Å². The third-order valence-electron chi connectivity index (χ3n) is 4.64. The smallest absolute Gasteiger partial charge is 0.273 e. The molecule has 3 aromatic rings. The Kier molecular flexibility index (Phi) is 6.47. The van der Waals surface area contributed by atoms with Crippen LogP contribution in [0, 0.1) is 0 Å². The van der Waals surface area contributed by atoms with E-state index in [2.05, 4.69) is 26.8 Å². The lowest BCUT2D eigenvalue weighted by Crippen LogP contribution is -2.26. The highest BCUT2D eigenvalue weighted by Crippen LogP contribution is 2.20. The third-order valence-corrected chi connectivity index (χ3v) is 4.64. The largest absolute Gasteiger partial charge is 0.361 e. The van der Waals surface area contributed by atoms with Crippen molar-refractivity contribution in [3.8, 4) is 0 Å². The number of aromatic amines is 1. The fourth-order valence-electron chi connectivity index (χ4n) is 3.16. The van der Waals surface area contributed by atoms with Crippen molar-refractivity contribution in [1.82, 2.24) is 20.1 Å². The van der Waals surface area contributed by atoms with Gasteiger partial charge in [-0.3, -0.25) is 14.3 Å². The molecule has 2 amide bonds. The zero-order valence-corrected chi connectivity index (χ0v) is 16.4. The molecule has 7 nitrogen and oxygen atoms in total. The molecule has 0 unspecified atom stereocenters. The number of H-pyrrole nitrogens is 1. The van der Waals surface area contributed by atoms with Crippen LogP contribution in [0.3, 0.4) is 0 Å². The quantitative estimate of drug-likeness (QED) is 0.530. The molecule has 28 heavy (non-hydrogen) atoms. The fourth-order valence-corrected chi connectivity index (χ4v) is 3.16. The summed E-state index contributed by atoms with van der Waals surface area (Å²) >= 11 is 0. The first-order valence-electron chi connectivity index (χ1n) is 9.82. The Morgan fingerprint density at radius 2 is 2.04 bits per heavy atom. The molecule has 0 aliphatic carbocycles. The number of rotatable bonds is 9. The van der Waals surface area contributed by atoms with E-state index in [4.69, 9.17) is 0 Å². The van der Waals surface area contributed by atoms with Gasteiger partial charge in [-0.05, 0) is 37.8 Å². The van der Waals surface area contributed by atoms with Crippen LogP contribution in [0.15, 0.2) is 36.7 Å². The number of amides is 2. The SMILES string of the molecule is CCCNC(=O)c1nn(CC)cc1NC(=O)CCCc1c[nH]c2ccccc12. The van der Waals surface area contributed by atoms with E-state index in [1.165, 1.54) is 10.9 Å². The highest BCUT2D eigenvalue weighted by atomic mass is 16.2. The van der Waals surface area contributed by atoms with Crippen LogP contribution in [-0.4, -0.2) is 33.1 Å². The van der Waals surface area contributed by atoms with Crippen molar-refractivity contribution in [2.24, 2.45) is 0 Å². The summed E-state index contributed by atoms with van der Waals surface area (Å²) in [5.41, 5.74) is 3.05. The van der Waals surface area contributed by atoms with Crippen molar-refractivity contribution in [2.45, 2.75) is 46.1 Å². The maximum Gasteiger partial charge on any atom is 0.273 e. The molecule has 2 aromatic heterocycles. The van der Waals surface area contributed by atoms with Crippen molar-refractivity contribution >= 4 is 28.4 Å². The van der Waals surface area contributed by atoms with Crippen LogP contribution in [0.1, 0.15) is 49.2 Å². The molecule has 0 aliphatic heterocycles. The number of aryl methyl sites for hydroxylation is 2. The van der Waals surface area contributed by atoms with E-state index >= 15 is 0 Å². The zero-order chi connectivity index (χ0) is 19.9. The molecule has 3 rings (SSSR count). The molecule has 0 bridgehead atoms. The van der Waals surface area contributed by atoms with Gasteiger partial charge in [0.2, 0.25) is 5.91 Å². The van der Waals surface area contributed by atoms with Crippen LogP contribution < -0.4 is 10.6 Å². The minimum Gasteiger partial charge on any atom is -0.361 e. The number of nitrogens with one attached hydrogen (secondary N) is 3. The number of benzene rings is 1. The summed E-state index contributed by atoms with van der Waals surface area (Å²) in [6.07, 6.45) is 6.48. The lowest BCUT2D eigenvalue weighted by molar-refractivity contribution is -0.116. The number of carbonyl (C=O) groups is 2. The Hall–Kier alpha value is -3.09. The van der Waals surface area contributed by atoms with E-state index in [1.54, 1.807) is 10.9 Å². The summed E-state index contributed by atoms with van der Waals surface area (Å²) in [5, 5.41) is 11.1. The van der Waals surface area contributed by atoms with Crippen molar-refractivity contribution in [3.05, 3.63) is 47.9 Å².